The number of hydrogen-bond acceptors (Lipinski definition) is 3. The molecule has 3 saturated carbocycles. The topological polar surface area (TPSA) is 57.5 Å². The van der Waals surface area contributed by atoms with Crippen molar-refractivity contribution in [2.45, 2.75) is 98.4 Å². The van der Waals surface area contributed by atoms with Gasteiger partial charge in [0.1, 0.15) is 6.17 Å². The van der Waals surface area contributed by atoms with E-state index in [1.807, 2.05) is 6.08 Å². The van der Waals surface area contributed by atoms with E-state index in [9.17, 15) is 15.0 Å². The predicted molar refractivity (Wildman–Crippen MR) is 130 cm³/mol. The second-order valence-corrected chi connectivity index (χ2v) is 12.6. The van der Waals surface area contributed by atoms with Gasteiger partial charge in [-0.05, 0) is 96.7 Å². The molecule has 0 heterocycles. The Labute approximate surface area is 199 Å². The smallest absolute Gasteiger partial charge is 0.178 e. The van der Waals surface area contributed by atoms with Crippen LogP contribution in [0.5, 0.6) is 0 Å². The molecule has 3 fully saturated rings. The Kier molecular flexibility index (Phi) is 6.77. The number of halogens is 1. The van der Waals surface area contributed by atoms with Crippen LogP contribution in [0.4, 0.5) is 4.39 Å². The summed E-state index contributed by atoms with van der Waals surface area (Å²) in [4.78, 5) is 12.0. The van der Waals surface area contributed by atoms with Crippen LogP contribution >= 0.6 is 0 Å². The lowest BCUT2D eigenvalue weighted by molar-refractivity contribution is -0.112. The van der Waals surface area contributed by atoms with Crippen molar-refractivity contribution in [3.63, 3.8) is 0 Å². The van der Waals surface area contributed by atoms with Crippen LogP contribution in [-0.4, -0.2) is 34.4 Å². The fraction of sp³-hybridized carbons (Fsp3) is 0.828. The maximum absolute atomic E-state index is 15.5. The Morgan fingerprint density at radius 2 is 1.79 bits per heavy atom. The Bertz CT molecular complexity index is 818. The summed E-state index contributed by atoms with van der Waals surface area (Å²) in [7, 11) is 0. The zero-order chi connectivity index (χ0) is 24.3. The number of aliphatic hydroxyl groups is 2. The van der Waals surface area contributed by atoms with Crippen LogP contribution in [0.1, 0.15) is 80.1 Å². The highest BCUT2D eigenvalue weighted by Gasteiger charge is 2.61. The average molecular weight is 461 g/mol. The minimum atomic E-state index is -1.05. The van der Waals surface area contributed by atoms with E-state index in [4.69, 9.17) is 0 Å². The molecule has 0 aromatic heterocycles. The third-order valence-corrected chi connectivity index (χ3v) is 10.9. The molecule has 4 aliphatic rings. The number of ketones is 1. The summed E-state index contributed by atoms with van der Waals surface area (Å²) in [5.74, 6) is 1.80. The largest absolute Gasteiger partial charge is 0.390 e. The first kappa shape index (κ1) is 25.1. The van der Waals surface area contributed by atoms with Crippen molar-refractivity contribution in [1.29, 1.82) is 0 Å². The molecule has 11 atom stereocenters. The van der Waals surface area contributed by atoms with Crippen LogP contribution in [0.15, 0.2) is 23.8 Å². The second-order valence-electron chi connectivity index (χ2n) is 12.6. The molecule has 0 spiro atoms. The van der Waals surface area contributed by atoms with Crippen molar-refractivity contribution in [2.24, 2.45) is 52.3 Å². The monoisotopic (exact) mass is 460 g/mol. The van der Waals surface area contributed by atoms with E-state index < -0.39 is 18.4 Å². The summed E-state index contributed by atoms with van der Waals surface area (Å²) in [5, 5.41) is 22.3. The van der Waals surface area contributed by atoms with Gasteiger partial charge >= 0.3 is 0 Å². The number of rotatable bonds is 6. The first-order valence-electron chi connectivity index (χ1n) is 13.4. The quantitative estimate of drug-likeness (QED) is 0.519. The number of alkyl halides is 1. The van der Waals surface area contributed by atoms with E-state index in [2.05, 4.69) is 41.5 Å². The Hall–Kier alpha value is -1.00. The van der Waals surface area contributed by atoms with E-state index in [-0.39, 0.29) is 28.4 Å². The zero-order valence-electron chi connectivity index (χ0n) is 21.4. The lowest BCUT2D eigenvalue weighted by atomic mass is 9.47. The highest BCUT2D eigenvalue weighted by Crippen LogP contribution is 2.67. The van der Waals surface area contributed by atoms with Crippen LogP contribution in [-0.2, 0) is 4.79 Å². The summed E-state index contributed by atoms with van der Waals surface area (Å²) in [6.45, 7) is 13.0. The fourth-order valence-electron chi connectivity index (χ4n) is 9.01. The van der Waals surface area contributed by atoms with E-state index in [0.717, 1.165) is 32.1 Å². The van der Waals surface area contributed by atoms with Gasteiger partial charge in [0.05, 0.1) is 12.2 Å². The van der Waals surface area contributed by atoms with Crippen molar-refractivity contribution < 1.29 is 19.4 Å². The third-order valence-electron chi connectivity index (χ3n) is 10.9. The van der Waals surface area contributed by atoms with Gasteiger partial charge < -0.3 is 10.2 Å². The van der Waals surface area contributed by atoms with Gasteiger partial charge in [-0.25, -0.2) is 4.39 Å². The average Bonchev–Trinajstić information content (AvgIpc) is 3.11. The van der Waals surface area contributed by atoms with Crippen LogP contribution < -0.4 is 0 Å². The van der Waals surface area contributed by atoms with E-state index in [0.29, 0.717) is 41.6 Å². The summed E-state index contributed by atoms with van der Waals surface area (Å²) in [6.07, 6.45) is 8.30. The molecule has 2 N–H and O–H groups in total. The predicted octanol–water partition coefficient (Wildman–Crippen LogP) is 5.90. The minimum absolute atomic E-state index is 0.0161. The van der Waals surface area contributed by atoms with Crippen molar-refractivity contribution in [2.75, 3.05) is 0 Å². The standard InChI is InChI=1S/C29H45FO3/c1-7-19(16(2)3)27(33)26(32)17(4)21-8-9-22-20-15-25(30)24-14-18(31)10-12-29(24,6)23(20)11-13-28(21,22)5/h10,12,14,16-17,19-23,25-27,32-33H,7-9,11,13,15H2,1-6H3/t17?,19-,20?,21+,22?,23?,25-,26-,27-,28+,29+/m0/s1. The highest BCUT2D eigenvalue weighted by molar-refractivity contribution is 6.01. The SMILES string of the molecule is CC[C@@H](C(C)C)[C@H](O)[C@@H](O)C(C)[C@H]1CCC2C3C[C@H](F)C4=CC(=O)C=C[C@]4(C)C3CC[C@@]21C. The van der Waals surface area contributed by atoms with Gasteiger partial charge in [0, 0.05) is 5.41 Å². The number of hydrogen-bond donors (Lipinski definition) is 2. The summed E-state index contributed by atoms with van der Waals surface area (Å²) in [6, 6.07) is 0. The molecule has 33 heavy (non-hydrogen) atoms. The van der Waals surface area contributed by atoms with Gasteiger partial charge in [0.15, 0.2) is 5.78 Å². The van der Waals surface area contributed by atoms with Crippen LogP contribution in [0.2, 0.25) is 0 Å². The molecule has 3 nitrogen and oxygen atoms in total. The van der Waals surface area contributed by atoms with Gasteiger partial charge in [0.2, 0.25) is 0 Å². The number of aliphatic hydroxyl groups excluding tert-OH is 2. The number of carbonyl (C=O) groups is 1. The highest BCUT2D eigenvalue weighted by atomic mass is 19.1. The summed E-state index contributed by atoms with van der Waals surface area (Å²) >= 11 is 0. The maximum atomic E-state index is 15.5. The molecule has 0 amide bonds. The van der Waals surface area contributed by atoms with Crippen LogP contribution in [0, 0.1) is 52.3 Å². The van der Waals surface area contributed by atoms with Gasteiger partial charge in [-0.3, -0.25) is 4.79 Å². The van der Waals surface area contributed by atoms with Crippen molar-refractivity contribution in [3.8, 4) is 0 Å². The maximum Gasteiger partial charge on any atom is 0.178 e. The molecule has 4 aliphatic carbocycles. The lowest BCUT2D eigenvalue weighted by Crippen LogP contribution is -2.53. The molecule has 0 saturated heterocycles. The van der Waals surface area contributed by atoms with Gasteiger partial charge in [-0.2, -0.15) is 0 Å². The van der Waals surface area contributed by atoms with E-state index in [1.165, 1.54) is 0 Å². The van der Waals surface area contributed by atoms with Gasteiger partial charge in [-0.1, -0.05) is 54.0 Å². The molecule has 4 unspecified atom stereocenters. The zero-order valence-corrected chi connectivity index (χ0v) is 21.4. The van der Waals surface area contributed by atoms with E-state index >= 15 is 4.39 Å². The summed E-state index contributed by atoms with van der Waals surface area (Å²) < 4.78 is 15.5. The minimum Gasteiger partial charge on any atom is -0.390 e. The molecule has 0 radical (unpaired) electrons. The van der Waals surface area contributed by atoms with E-state index in [1.54, 1.807) is 12.2 Å². The third kappa shape index (κ3) is 3.88. The van der Waals surface area contributed by atoms with Crippen molar-refractivity contribution in [1.82, 2.24) is 0 Å². The molecule has 4 heteroatoms. The summed E-state index contributed by atoms with van der Waals surface area (Å²) in [5.41, 5.74) is 0.398. The molecular weight excluding hydrogens is 415 g/mol. The van der Waals surface area contributed by atoms with Crippen molar-refractivity contribution in [3.05, 3.63) is 23.8 Å². The van der Waals surface area contributed by atoms with Gasteiger partial charge in [0.25, 0.3) is 0 Å². The Morgan fingerprint density at radius 3 is 2.42 bits per heavy atom. The van der Waals surface area contributed by atoms with Gasteiger partial charge in [-0.15, -0.1) is 0 Å². The van der Waals surface area contributed by atoms with Crippen LogP contribution in [0.3, 0.4) is 0 Å². The first-order valence-corrected chi connectivity index (χ1v) is 13.4. The number of fused-ring (bicyclic) bond motifs is 5. The Balaban J connectivity index is 1.57. The lowest BCUT2D eigenvalue weighted by Gasteiger charge is -2.58. The van der Waals surface area contributed by atoms with Crippen LogP contribution in [0.25, 0.3) is 0 Å². The number of carbonyl (C=O) groups excluding carboxylic acids is 1. The fourth-order valence-corrected chi connectivity index (χ4v) is 9.01. The first-order chi connectivity index (χ1) is 15.5. The second kappa shape index (κ2) is 8.90. The van der Waals surface area contributed by atoms with Crippen molar-refractivity contribution >= 4 is 5.78 Å². The Morgan fingerprint density at radius 1 is 1.09 bits per heavy atom. The number of allylic oxidation sites excluding steroid dienone is 4. The normalized spacial score (nSPS) is 43.9. The molecule has 0 aliphatic heterocycles. The molecule has 186 valence electrons. The molecular formula is C29H45FO3. The molecule has 4 rings (SSSR count). The molecule has 0 aromatic rings. The molecule has 0 bridgehead atoms. The molecule has 0 aromatic carbocycles.